The molecule has 2 aliphatic carbocycles. The fourth-order valence-corrected chi connectivity index (χ4v) is 3.69. The van der Waals surface area contributed by atoms with E-state index in [1.165, 1.54) is 12.5 Å². The molecule has 0 radical (unpaired) electrons. The second-order valence-corrected chi connectivity index (χ2v) is 4.86. The third-order valence-electron chi connectivity index (χ3n) is 4.22. The van der Waals surface area contributed by atoms with Crippen LogP contribution < -0.4 is 0 Å². The van der Waals surface area contributed by atoms with Gasteiger partial charge in [0, 0.05) is 18.6 Å². The number of esters is 1. The Morgan fingerprint density at radius 2 is 2.27 bits per heavy atom. The quantitative estimate of drug-likeness (QED) is 0.510. The lowest BCUT2D eigenvalue weighted by Crippen LogP contribution is -2.34. The summed E-state index contributed by atoms with van der Waals surface area (Å²) in [4.78, 5) is 11.2. The van der Waals surface area contributed by atoms with Crippen molar-refractivity contribution < 1.29 is 14.3 Å². The van der Waals surface area contributed by atoms with Crippen molar-refractivity contribution in [2.75, 3.05) is 6.61 Å². The molecule has 0 aromatic heterocycles. The van der Waals surface area contributed by atoms with Gasteiger partial charge in [-0.2, -0.15) is 0 Å². The van der Waals surface area contributed by atoms with Gasteiger partial charge in [0.25, 0.3) is 0 Å². The van der Waals surface area contributed by atoms with Crippen molar-refractivity contribution in [1.29, 1.82) is 0 Å². The van der Waals surface area contributed by atoms with Gasteiger partial charge in [0.05, 0.1) is 6.10 Å². The number of fused-ring (bicyclic) bond motifs is 5. The minimum atomic E-state index is -0.275. The van der Waals surface area contributed by atoms with Crippen LogP contribution in [0.3, 0.4) is 0 Å². The van der Waals surface area contributed by atoms with Crippen LogP contribution in [0.25, 0.3) is 0 Å². The maximum Gasteiger partial charge on any atom is 0.330 e. The Balaban J connectivity index is 1.70. The van der Waals surface area contributed by atoms with Crippen molar-refractivity contribution in [2.24, 2.45) is 17.8 Å². The molecule has 15 heavy (non-hydrogen) atoms. The highest BCUT2D eigenvalue weighted by Gasteiger charge is 2.56. The molecule has 2 bridgehead atoms. The highest BCUT2D eigenvalue weighted by atomic mass is 16.5. The van der Waals surface area contributed by atoms with E-state index in [2.05, 4.69) is 6.58 Å². The lowest BCUT2D eigenvalue weighted by Gasteiger charge is -2.29. The molecule has 0 aromatic rings. The third-order valence-corrected chi connectivity index (χ3v) is 4.22. The third kappa shape index (κ3) is 1.33. The summed E-state index contributed by atoms with van der Waals surface area (Å²) in [7, 11) is 0. The van der Waals surface area contributed by atoms with Crippen LogP contribution in [0, 0.1) is 17.8 Å². The van der Waals surface area contributed by atoms with E-state index >= 15 is 0 Å². The summed E-state index contributed by atoms with van der Waals surface area (Å²) in [6.07, 6.45) is 5.18. The Hall–Kier alpha value is -0.830. The van der Waals surface area contributed by atoms with Gasteiger partial charge in [-0.3, -0.25) is 0 Å². The molecule has 5 unspecified atom stereocenters. The summed E-state index contributed by atoms with van der Waals surface area (Å²) in [5.74, 6) is 1.55. The van der Waals surface area contributed by atoms with Gasteiger partial charge in [-0.25, -0.2) is 4.79 Å². The fraction of sp³-hybridized carbons (Fsp3) is 0.750. The second-order valence-electron chi connectivity index (χ2n) is 4.86. The van der Waals surface area contributed by atoms with Crippen molar-refractivity contribution in [3.8, 4) is 0 Å². The number of carbonyl (C=O) groups is 1. The molecule has 0 spiro atoms. The lowest BCUT2D eigenvalue weighted by molar-refractivity contribution is -0.147. The zero-order valence-electron chi connectivity index (χ0n) is 8.72. The number of ether oxygens (including phenoxy) is 2. The topological polar surface area (TPSA) is 35.5 Å². The molecule has 3 fully saturated rings. The van der Waals surface area contributed by atoms with Crippen molar-refractivity contribution in [3.05, 3.63) is 12.7 Å². The minimum absolute atomic E-state index is 0.128. The Bertz CT molecular complexity index is 299. The summed E-state index contributed by atoms with van der Waals surface area (Å²) in [6, 6.07) is 0. The summed E-state index contributed by atoms with van der Waals surface area (Å²) >= 11 is 0. The van der Waals surface area contributed by atoms with Crippen molar-refractivity contribution in [1.82, 2.24) is 0 Å². The smallest absolute Gasteiger partial charge is 0.330 e. The summed E-state index contributed by atoms with van der Waals surface area (Å²) in [5, 5.41) is 0. The molecule has 0 amide bonds. The predicted molar refractivity (Wildman–Crippen MR) is 54.1 cm³/mol. The molecule has 3 rings (SSSR count). The molecule has 5 atom stereocenters. The standard InChI is InChI=1S/C12H16O3/c1-2-11(13)15-10-6-7-5-9(10)8-3-4-14-12(7)8/h2,7-10,12H,1,3-6H2. The molecular formula is C12H16O3. The number of hydrogen-bond acceptors (Lipinski definition) is 3. The molecule has 1 heterocycles. The zero-order valence-corrected chi connectivity index (χ0v) is 8.72. The molecule has 0 N–H and O–H groups in total. The van der Waals surface area contributed by atoms with E-state index < -0.39 is 0 Å². The Morgan fingerprint density at radius 3 is 3.07 bits per heavy atom. The maximum atomic E-state index is 11.2. The van der Waals surface area contributed by atoms with Gasteiger partial charge >= 0.3 is 5.97 Å². The second kappa shape index (κ2) is 3.34. The normalized spacial score (nSPS) is 46.5. The summed E-state index contributed by atoms with van der Waals surface area (Å²) in [5.41, 5.74) is 0. The average Bonchev–Trinajstić information content (AvgIpc) is 2.87. The average molecular weight is 208 g/mol. The Morgan fingerprint density at radius 1 is 1.40 bits per heavy atom. The van der Waals surface area contributed by atoms with Crippen LogP contribution in [-0.4, -0.2) is 24.8 Å². The molecule has 3 heteroatoms. The Kier molecular flexibility index (Phi) is 2.09. The number of carbonyl (C=O) groups excluding carboxylic acids is 1. The van der Waals surface area contributed by atoms with Gasteiger partial charge in [0.15, 0.2) is 0 Å². The summed E-state index contributed by atoms with van der Waals surface area (Å²) < 4.78 is 11.1. The highest BCUT2D eigenvalue weighted by molar-refractivity contribution is 5.81. The molecule has 3 aliphatic rings. The molecule has 1 aliphatic heterocycles. The van der Waals surface area contributed by atoms with Crippen molar-refractivity contribution in [3.63, 3.8) is 0 Å². The first kappa shape index (κ1) is 9.40. The first-order chi connectivity index (χ1) is 7.29. The predicted octanol–water partition coefficient (Wildman–Crippen LogP) is 1.53. The van der Waals surface area contributed by atoms with E-state index in [9.17, 15) is 4.79 Å². The first-order valence-corrected chi connectivity index (χ1v) is 5.74. The van der Waals surface area contributed by atoms with Crippen molar-refractivity contribution >= 4 is 5.97 Å². The lowest BCUT2D eigenvalue weighted by atomic mass is 9.84. The van der Waals surface area contributed by atoms with Crippen LogP contribution in [-0.2, 0) is 14.3 Å². The minimum Gasteiger partial charge on any atom is -0.459 e. The van der Waals surface area contributed by atoms with Gasteiger partial charge in [-0.1, -0.05) is 6.58 Å². The monoisotopic (exact) mass is 208 g/mol. The molecule has 82 valence electrons. The largest absolute Gasteiger partial charge is 0.459 e. The van der Waals surface area contributed by atoms with Crippen LogP contribution >= 0.6 is 0 Å². The number of rotatable bonds is 2. The SMILES string of the molecule is C=CC(=O)OC1CC2CC1C1CCOC21. The zero-order chi connectivity index (χ0) is 10.4. The molecular weight excluding hydrogens is 192 g/mol. The van der Waals surface area contributed by atoms with E-state index in [1.807, 2.05) is 0 Å². The van der Waals surface area contributed by atoms with E-state index in [0.29, 0.717) is 23.9 Å². The van der Waals surface area contributed by atoms with Gasteiger partial charge in [0.1, 0.15) is 6.10 Å². The van der Waals surface area contributed by atoms with E-state index in [1.54, 1.807) is 0 Å². The van der Waals surface area contributed by atoms with Crippen LogP contribution in [0.5, 0.6) is 0 Å². The maximum absolute atomic E-state index is 11.2. The van der Waals surface area contributed by atoms with Crippen LogP contribution in [0.2, 0.25) is 0 Å². The van der Waals surface area contributed by atoms with E-state index in [0.717, 1.165) is 19.4 Å². The molecule has 2 saturated carbocycles. The Labute approximate surface area is 89.4 Å². The molecule has 1 saturated heterocycles. The molecule has 0 aromatic carbocycles. The fourth-order valence-electron chi connectivity index (χ4n) is 3.69. The van der Waals surface area contributed by atoms with Gasteiger partial charge in [-0.15, -0.1) is 0 Å². The van der Waals surface area contributed by atoms with Crippen LogP contribution in [0.15, 0.2) is 12.7 Å². The van der Waals surface area contributed by atoms with Crippen LogP contribution in [0.4, 0.5) is 0 Å². The van der Waals surface area contributed by atoms with Crippen LogP contribution in [0.1, 0.15) is 19.3 Å². The van der Waals surface area contributed by atoms with E-state index in [4.69, 9.17) is 9.47 Å². The first-order valence-electron chi connectivity index (χ1n) is 5.74. The van der Waals surface area contributed by atoms with Gasteiger partial charge < -0.3 is 9.47 Å². The highest BCUT2D eigenvalue weighted by Crippen LogP contribution is 2.54. The van der Waals surface area contributed by atoms with E-state index in [-0.39, 0.29) is 12.1 Å². The summed E-state index contributed by atoms with van der Waals surface area (Å²) in [6.45, 7) is 4.33. The van der Waals surface area contributed by atoms with Gasteiger partial charge in [0.2, 0.25) is 0 Å². The number of hydrogen-bond donors (Lipinski definition) is 0. The van der Waals surface area contributed by atoms with Crippen molar-refractivity contribution in [2.45, 2.75) is 31.5 Å². The molecule has 3 nitrogen and oxygen atoms in total. The van der Waals surface area contributed by atoms with Gasteiger partial charge in [-0.05, 0) is 31.1 Å².